The average molecular weight is 609 g/mol. The Bertz CT molecular complexity index is 1410. The number of phenols is 1. The molecule has 0 saturated heterocycles. The number of carbonyl (C=O) groups is 4. The Balaban J connectivity index is 1.71. The molecule has 0 saturated carbocycles. The summed E-state index contributed by atoms with van der Waals surface area (Å²) in [5.41, 5.74) is 14.1. The molecule has 3 rings (SSSR count). The van der Waals surface area contributed by atoms with E-state index in [-0.39, 0.29) is 37.4 Å². The third kappa shape index (κ3) is 10.1. The van der Waals surface area contributed by atoms with E-state index in [0.717, 1.165) is 22.0 Å². The van der Waals surface area contributed by atoms with Crippen LogP contribution in [0.3, 0.4) is 0 Å². The van der Waals surface area contributed by atoms with Gasteiger partial charge in [0, 0.05) is 23.5 Å². The number of aromatic amines is 1. The van der Waals surface area contributed by atoms with Crippen molar-refractivity contribution in [1.29, 1.82) is 0 Å². The number of para-hydroxylation sites is 1. The highest BCUT2D eigenvalue weighted by Crippen LogP contribution is 2.19. The second-order valence-electron chi connectivity index (χ2n) is 11.5. The van der Waals surface area contributed by atoms with E-state index >= 15 is 0 Å². The Morgan fingerprint density at radius 3 is 2.14 bits per heavy atom. The first-order valence-electron chi connectivity index (χ1n) is 14.9. The Kier molecular flexibility index (Phi) is 12.7. The summed E-state index contributed by atoms with van der Waals surface area (Å²) in [6.45, 7) is 4.18. The monoisotopic (exact) mass is 608 g/mol. The Morgan fingerprint density at radius 2 is 1.48 bits per heavy atom. The van der Waals surface area contributed by atoms with E-state index in [1.165, 1.54) is 12.1 Å². The lowest BCUT2D eigenvalue weighted by Gasteiger charge is -2.26. The van der Waals surface area contributed by atoms with Crippen LogP contribution >= 0.6 is 0 Å². The van der Waals surface area contributed by atoms with Crippen LogP contribution in [0.15, 0.2) is 54.7 Å². The van der Waals surface area contributed by atoms with Crippen molar-refractivity contribution < 1.29 is 29.4 Å². The van der Waals surface area contributed by atoms with Crippen LogP contribution < -0.4 is 27.4 Å². The molecule has 0 radical (unpaired) electrons. The standard InChI is InChI=1S/C32H44N6O6/c1-19(2)15-27(31(42)38-28(32(43)44)17-21-18-35-25-8-4-3-7-23(21)25)37-30(41)26(9-5-6-14-33)36-29(40)24(34)16-20-10-12-22(39)13-11-20/h3-4,7-8,10-13,18-19,24,26-28,35,39H,5-6,9,14-17,33-34H2,1-2H3,(H,36,40)(H,37,41)(H,38,42)(H,43,44). The lowest BCUT2D eigenvalue weighted by Crippen LogP contribution is -2.57. The number of hydrogen-bond acceptors (Lipinski definition) is 7. The molecule has 1 heterocycles. The number of fused-ring (bicyclic) bond motifs is 1. The molecule has 10 N–H and O–H groups in total. The smallest absolute Gasteiger partial charge is 0.326 e. The molecule has 0 aliphatic heterocycles. The van der Waals surface area contributed by atoms with Gasteiger partial charge in [-0.2, -0.15) is 0 Å². The number of amides is 3. The van der Waals surface area contributed by atoms with Gasteiger partial charge in [-0.05, 0) is 73.9 Å². The van der Waals surface area contributed by atoms with E-state index in [9.17, 15) is 29.4 Å². The number of carboxylic acid groups (broad SMARTS) is 1. The molecule has 4 atom stereocenters. The van der Waals surface area contributed by atoms with Crippen molar-refractivity contribution in [2.24, 2.45) is 17.4 Å². The van der Waals surface area contributed by atoms with Gasteiger partial charge in [0.1, 0.15) is 23.9 Å². The number of aromatic nitrogens is 1. The van der Waals surface area contributed by atoms with Crippen molar-refractivity contribution in [3.63, 3.8) is 0 Å². The van der Waals surface area contributed by atoms with Crippen molar-refractivity contribution >= 4 is 34.6 Å². The van der Waals surface area contributed by atoms with Crippen molar-refractivity contribution in [2.45, 2.75) is 76.5 Å². The fourth-order valence-corrected chi connectivity index (χ4v) is 4.99. The van der Waals surface area contributed by atoms with Gasteiger partial charge >= 0.3 is 5.97 Å². The Morgan fingerprint density at radius 1 is 0.841 bits per heavy atom. The summed E-state index contributed by atoms with van der Waals surface area (Å²) in [4.78, 5) is 55.2. The molecule has 4 unspecified atom stereocenters. The van der Waals surface area contributed by atoms with Gasteiger partial charge in [-0.3, -0.25) is 14.4 Å². The van der Waals surface area contributed by atoms with Crippen LogP contribution in [0.5, 0.6) is 5.75 Å². The van der Waals surface area contributed by atoms with Gasteiger partial charge in [-0.1, -0.05) is 44.2 Å². The third-order valence-electron chi connectivity index (χ3n) is 7.36. The van der Waals surface area contributed by atoms with Crippen LogP contribution in [0.1, 0.15) is 50.7 Å². The molecule has 44 heavy (non-hydrogen) atoms. The molecule has 2 aromatic carbocycles. The Hall–Kier alpha value is -4.42. The predicted molar refractivity (Wildman–Crippen MR) is 168 cm³/mol. The lowest BCUT2D eigenvalue weighted by molar-refractivity contribution is -0.142. The number of nitrogens with one attached hydrogen (secondary N) is 4. The maximum absolute atomic E-state index is 13.5. The summed E-state index contributed by atoms with van der Waals surface area (Å²) >= 11 is 0. The average Bonchev–Trinajstić information content (AvgIpc) is 3.39. The maximum atomic E-state index is 13.5. The molecule has 0 aliphatic rings. The molecular formula is C32H44N6O6. The van der Waals surface area contributed by atoms with Gasteiger partial charge in [0.05, 0.1) is 6.04 Å². The number of rotatable bonds is 17. The van der Waals surface area contributed by atoms with Crippen molar-refractivity contribution in [2.75, 3.05) is 6.54 Å². The van der Waals surface area contributed by atoms with E-state index in [1.54, 1.807) is 18.3 Å². The number of H-pyrrole nitrogens is 1. The molecule has 3 amide bonds. The minimum absolute atomic E-state index is 0.00745. The van der Waals surface area contributed by atoms with Crippen LogP contribution in [0.4, 0.5) is 0 Å². The van der Waals surface area contributed by atoms with Gasteiger partial charge < -0.3 is 42.6 Å². The molecule has 12 heteroatoms. The fraction of sp³-hybridized carbons (Fsp3) is 0.438. The number of phenolic OH excluding ortho intramolecular Hbond substituents is 1. The van der Waals surface area contributed by atoms with E-state index in [2.05, 4.69) is 20.9 Å². The van der Waals surface area contributed by atoms with E-state index < -0.39 is 47.9 Å². The SMILES string of the molecule is CC(C)CC(NC(=O)C(CCCCN)NC(=O)C(N)Cc1ccc(O)cc1)C(=O)NC(Cc1c[nH]c2ccccc12)C(=O)O. The number of nitrogens with two attached hydrogens (primary N) is 2. The highest BCUT2D eigenvalue weighted by molar-refractivity contribution is 5.94. The molecule has 0 bridgehead atoms. The van der Waals surface area contributed by atoms with Gasteiger partial charge in [0.2, 0.25) is 17.7 Å². The molecule has 12 nitrogen and oxygen atoms in total. The van der Waals surface area contributed by atoms with Gasteiger partial charge in [0.25, 0.3) is 0 Å². The zero-order chi connectivity index (χ0) is 32.2. The maximum Gasteiger partial charge on any atom is 0.326 e. The summed E-state index contributed by atoms with van der Waals surface area (Å²) in [6.07, 6.45) is 3.66. The number of carboxylic acids is 1. The summed E-state index contributed by atoms with van der Waals surface area (Å²) in [5.74, 6) is -2.86. The van der Waals surface area contributed by atoms with Crippen molar-refractivity contribution in [3.05, 3.63) is 65.9 Å². The third-order valence-corrected chi connectivity index (χ3v) is 7.36. The summed E-state index contributed by atoms with van der Waals surface area (Å²) in [6, 6.07) is 9.58. The first kappa shape index (κ1) is 34.1. The van der Waals surface area contributed by atoms with E-state index in [0.29, 0.717) is 19.4 Å². The normalized spacial score (nSPS) is 14.0. The Labute approximate surface area is 257 Å². The number of aliphatic carboxylic acids is 1. The minimum atomic E-state index is -1.23. The predicted octanol–water partition coefficient (Wildman–Crippen LogP) is 1.70. The molecule has 238 valence electrons. The highest BCUT2D eigenvalue weighted by atomic mass is 16.4. The number of carbonyl (C=O) groups excluding carboxylic acids is 3. The van der Waals surface area contributed by atoms with Gasteiger partial charge in [-0.15, -0.1) is 0 Å². The van der Waals surface area contributed by atoms with Gasteiger partial charge in [0.15, 0.2) is 0 Å². The number of aromatic hydroxyl groups is 1. The van der Waals surface area contributed by atoms with Crippen LogP contribution in [-0.2, 0) is 32.0 Å². The summed E-state index contributed by atoms with van der Waals surface area (Å²) in [5, 5.41) is 28.3. The fourth-order valence-electron chi connectivity index (χ4n) is 4.99. The zero-order valence-corrected chi connectivity index (χ0v) is 25.2. The quantitative estimate of drug-likeness (QED) is 0.105. The molecule has 0 fully saturated rings. The van der Waals surface area contributed by atoms with E-state index in [1.807, 2.05) is 38.1 Å². The van der Waals surface area contributed by atoms with Crippen molar-refractivity contribution in [3.8, 4) is 5.75 Å². The number of unbranched alkanes of at least 4 members (excludes halogenated alkanes) is 1. The summed E-state index contributed by atoms with van der Waals surface area (Å²) in [7, 11) is 0. The van der Waals surface area contributed by atoms with Crippen LogP contribution in [0, 0.1) is 5.92 Å². The molecule has 1 aromatic heterocycles. The minimum Gasteiger partial charge on any atom is -0.508 e. The lowest BCUT2D eigenvalue weighted by atomic mass is 10.00. The van der Waals surface area contributed by atoms with Crippen molar-refractivity contribution in [1.82, 2.24) is 20.9 Å². The second kappa shape index (κ2) is 16.4. The summed E-state index contributed by atoms with van der Waals surface area (Å²) < 4.78 is 0. The second-order valence-corrected chi connectivity index (χ2v) is 11.5. The molecular weight excluding hydrogens is 564 g/mol. The highest BCUT2D eigenvalue weighted by Gasteiger charge is 2.31. The van der Waals surface area contributed by atoms with E-state index in [4.69, 9.17) is 11.5 Å². The first-order chi connectivity index (χ1) is 21.0. The molecule has 3 aromatic rings. The molecule has 0 aliphatic carbocycles. The van der Waals surface area contributed by atoms with Crippen LogP contribution in [0.25, 0.3) is 10.9 Å². The van der Waals surface area contributed by atoms with Crippen LogP contribution in [0.2, 0.25) is 0 Å². The molecule has 0 spiro atoms. The van der Waals surface area contributed by atoms with Gasteiger partial charge in [-0.25, -0.2) is 4.79 Å². The number of hydrogen-bond donors (Lipinski definition) is 8. The van der Waals surface area contributed by atoms with Crippen LogP contribution in [-0.4, -0.2) is 69.6 Å². The topological polar surface area (TPSA) is 213 Å². The number of benzene rings is 2. The largest absolute Gasteiger partial charge is 0.508 e. The zero-order valence-electron chi connectivity index (χ0n) is 25.2. The first-order valence-corrected chi connectivity index (χ1v) is 14.9.